The Balaban J connectivity index is 1.53. The van der Waals surface area contributed by atoms with Gasteiger partial charge in [0.05, 0.1) is 6.54 Å². The number of hydrogen-bond acceptors (Lipinski definition) is 6. The van der Waals surface area contributed by atoms with Gasteiger partial charge in [0.25, 0.3) is 0 Å². The Hall–Kier alpha value is -2.38. The lowest BCUT2D eigenvalue weighted by molar-refractivity contribution is -0.117. The average molecular weight is 367 g/mol. The fourth-order valence-corrected chi connectivity index (χ4v) is 4.04. The van der Waals surface area contributed by atoms with Gasteiger partial charge in [-0.15, -0.1) is 10.2 Å². The molecule has 1 saturated heterocycles. The maximum atomic E-state index is 12.3. The molecule has 0 unspecified atom stereocenters. The molecule has 7 heteroatoms. The van der Waals surface area contributed by atoms with Crippen molar-refractivity contribution in [3.05, 3.63) is 35.5 Å². The van der Waals surface area contributed by atoms with Crippen LogP contribution >= 0.6 is 11.3 Å². The first-order valence-corrected chi connectivity index (χ1v) is 9.64. The molecule has 1 amide bonds. The maximum Gasteiger partial charge on any atom is 0.239 e. The zero-order chi connectivity index (χ0) is 18.1. The third-order valence-electron chi connectivity index (χ3n) is 4.80. The molecule has 6 nitrogen and oxygen atoms in total. The van der Waals surface area contributed by atoms with Crippen molar-refractivity contribution in [3.8, 4) is 10.6 Å². The molecule has 1 aliphatic heterocycles. The Morgan fingerprint density at radius 3 is 2.92 bits per heavy atom. The quantitative estimate of drug-likeness (QED) is 0.764. The predicted octanol–water partition coefficient (Wildman–Crippen LogP) is 3.48. The molecule has 0 aliphatic carbocycles. The molecule has 0 spiro atoms. The summed E-state index contributed by atoms with van der Waals surface area (Å²) in [7, 11) is 0. The SMILES string of the molecule is Cc1nnc(-c2ccc3cnc(NC(=O)CN4CCC[C@H]4C)cc3c2)s1. The molecule has 0 radical (unpaired) electrons. The van der Waals surface area contributed by atoms with E-state index in [0.717, 1.165) is 45.7 Å². The first-order valence-electron chi connectivity index (χ1n) is 8.83. The summed E-state index contributed by atoms with van der Waals surface area (Å²) in [6.45, 7) is 5.53. The summed E-state index contributed by atoms with van der Waals surface area (Å²) in [4.78, 5) is 18.9. The van der Waals surface area contributed by atoms with E-state index >= 15 is 0 Å². The molecule has 3 heterocycles. The van der Waals surface area contributed by atoms with Gasteiger partial charge in [0.2, 0.25) is 5.91 Å². The second-order valence-corrected chi connectivity index (χ2v) is 7.95. The largest absolute Gasteiger partial charge is 0.310 e. The lowest BCUT2D eigenvalue weighted by Crippen LogP contribution is -2.35. The standard InChI is InChI=1S/C19H21N5OS/c1-12-4-3-7-24(12)11-18(25)21-17-9-16-8-14(5-6-15(16)10-20-17)19-23-22-13(2)26-19/h5-6,8-10,12H,3-4,7,11H2,1-2H3,(H,20,21,25)/t12-/m1/s1. The Kier molecular flexibility index (Phi) is 4.65. The number of pyridine rings is 1. The van der Waals surface area contributed by atoms with Gasteiger partial charge in [-0.1, -0.05) is 23.5 Å². The van der Waals surface area contributed by atoms with Crippen molar-refractivity contribution < 1.29 is 4.79 Å². The van der Waals surface area contributed by atoms with Crippen molar-refractivity contribution in [2.24, 2.45) is 0 Å². The fourth-order valence-electron chi connectivity index (χ4n) is 3.35. The van der Waals surface area contributed by atoms with Crippen LogP contribution in [-0.2, 0) is 4.79 Å². The van der Waals surface area contributed by atoms with E-state index in [0.29, 0.717) is 18.4 Å². The van der Waals surface area contributed by atoms with Crippen LogP contribution in [0, 0.1) is 6.92 Å². The third-order valence-corrected chi connectivity index (χ3v) is 5.69. The van der Waals surface area contributed by atoms with Crippen molar-refractivity contribution in [2.45, 2.75) is 32.7 Å². The molecule has 1 fully saturated rings. The summed E-state index contributed by atoms with van der Waals surface area (Å²) >= 11 is 1.57. The zero-order valence-electron chi connectivity index (χ0n) is 14.9. The van der Waals surface area contributed by atoms with Crippen LogP contribution in [0.4, 0.5) is 5.82 Å². The minimum atomic E-state index is -0.0125. The van der Waals surface area contributed by atoms with E-state index in [1.165, 1.54) is 0 Å². The molecule has 134 valence electrons. The maximum absolute atomic E-state index is 12.3. The summed E-state index contributed by atoms with van der Waals surface area (Å²) < 4.78 is 0. The number of aryl methyl sites for hydroxylation is 1. The smallest absolute Gasteiger partial charge is 0.239 e. The Labute approximate surface area is 156 Å². The highest BCUT2D eigenvalue weighted by molar-refractivity contribution is 7.14. The highest BCUT2D eigenvalue weighted by Gasteiger charge is 2.22. The van der Waals surface area contributed by atoms with E-state index in [1.54, 1.807) is 17.5 Å². The van der Waals surface area contributed by atoms with Crippen molar-refractivity contribution in [3.63, 3.8) is 0 Å². The van der Waals surface area contributed by atoms with E-state index in [1.807, 2.05) is 25.1 Å². The molecule has 1 N–H and O–H groups in total. The summed E-state index contributed by atoms with van der Waals surface area (Å²) in [6.07, 6.45) is 4.12. The van der Waals surface area contributed by atoms with Gasteiger partial charge in [0.1, 0.15) is 15.8 Å². The number of amides is 1. The number of rotatable bonds is 4. The monoisotopic (exact) mass is 367 g/mol. The van der Waals surface area contributed by atoms with Crippen molar-refractivity contribution in [1.29, 1.82) is 0 Å². The number of nitrogens with one attached hydrogen (secondary N) is 1. The van der Waals surface area contributed by atoms with E-state index in [4.69, 9.17) is 0 Å². The van der Waals surface area contributed by atoms with Gasteiger partial charge in [0, 0.05) is 23.2 Å². The molecule has 1 atom stereocenters. The summed E-state index contributed by atoms with van der Waals surface area (Å²) in [5, 5.41) is 15.1. The first-order chi connectivity index (χ1) is 12.6. The van der Waals surface area contributed by atoms with Gasteiger partial charge < -0.3 is 5.32 Å². The number of carbonyl (C=O) groups is 1. The number of benzene rings is 1. The van der Waals surface area contributed by atoms with E-state index in [-0.39, 0.29) is 5.91 Å². The van der Waals surface area contributed by atoms with E-state index in [9.17, 15) is 4.79 Å². The minimum Gasteiger partial charge on any atom is -0.310 e. The number of nitrogens with zero attached hydrogens (tertiary/aromatic N) is 4. The van der Waals surface area contributed by atoms with Crippen molar-refractivity contribution >= 4 is 33.8 Å². The number of anilines is 1. The molecule has 0 bridgehead atoms. The topological polar surface area (TPSA) is 71.0 Å². The Morgan fingerprint density at radius 1 is 1.31 bits per heavy atom. The van der Waals surface area contributed by atoms with Gasteiger partial charge in [0.15, 0.2) is 0 Å². The van der Waals surface area contributed by atoms with Crippen LogP contribution in [0.3, 0.4) is 0 Å². The predicted molar refractivity (Wildman–Crippen MR) is 104 cm³/mol. The van der Waals surface area contributed by atoms with Crippen LogP contribution in [0.25, 0.3) is 21.3 Å². The summed E-state index contributed by atoms with van der Waals surface area (Å²) in [5.41, 5.74) is 1.03. The summed E-state index contributed by atoms with van der Waals surface area (Å²) in [5.74, 6) is 0.571. The fraction of sp³-hybridized carbons (Fsp3) is 0.368. The number of aromatic nitrogens is 3. The lowest BCUT2D eigenvalue weighted by atomic mass is 10.1. The number of hydrogen-bond donors (Lipinski definition) is 1. The number of carbonyl (C=O) groups excluding carboxylic acids is 1. The average Bonchev–Trinajstić information content (AvgIpc) is 3.23. The zero-order valence-corrected chi connectivity index (χ0v) is 15.7. The van der Waals surface area contributed by atoms with Gasteiger partial charge in [-0.2, -0.15) is 0 Å². The van der Waals surface area contributed by atoms with Crippen LogP contribution in [-0.4, -0.2) is 45.1 Å². The third kappa shape index (κ3) is 3.59. The number of likely N-dealkylation sites (tertiary alicyclic amines) is 1. The van der Waals surface area contributed by atoms with Gasteiger partial charge in [-0.05, 0) is 50.8 Å². The number of fused-ring (bicyclic) bond motifs is 1. The van der Waals surface area contributed by atoms with E-state index < -0.39 is 0 Å². The van der Waals surface area contributed by atoms with Crippen molar-refractivity contribution in [2.75, 3.05) is 18.4 Å². The van der Waals surface area contributed by atoms with Crippen LogP contribution < -0.4 is 5.32 Å². The van der Waals surface area contributed by atoms with Crippen LogP contribution in [0.2, 0.25) is 0 Å². The van der Waals surface area contributed by atoms with Gasteiger partial charge >= 0.3 is 0 Å². The highest BCUT2D eigenvalue weighted by atomic mass is 32.1. The molecule has 26 heavy (non-hydrogen) atoms. The summed E-state index contributed by atoms with van der Waals surface area (Å²) in [6, 6.07) is 8.50. The van der Waals surface area contributed by atoms with Crippen LogP contribution in [0.1, 0.15) is 24.8 Å². The molecule has 1 aliphatic rings. The van der Waals surface area contributed by atoms with Crippen LogP contribution in [0.15, 0.2) is 30.5 Å². The Morgan fingerprint density at radius 2 is 2.19 bits per heavy atom. The Bertz CT molecular complexity index is 954. The van der Waals surface area contributed by atoms with Gasteiger partial charge in [-0.25, -0.2) is 4.98 Å². The molecular weight excluding hydrogens is 346 g/mol. The molecule has 0 saturated carbocycles. The van der Waals surface area contributed by atoms with Gasteiger partial charge in [-0.3, -0.25) is 9.69 Å². The molecule has 4 rings (SSSR count). The second kappa shape index (κ2) is 7.09. The second-order valence-electron chi connectivity index (χ2n) is 6.77. The molecule has 1 aromatic carbocycles. The normalized spacial score (nSPS) is 17.7. The molecule has 3 aromatic rings. The lowest BCUT2D eigenvalue weighted by Gasteiger charge is -2.19. The highest BCUT2D eigenvalue weighted by Crippen LogP contribution is 2.27. The first kappa shape index (κ1) is 17.1. The molecular formula is C19H21N5OS. The van der Waals surface area contributed by atoms with E-state index in [2.05, 4.69) is 38.4 Å². The van der Waals surface area contributed by atoms with Crippen LogP contribution in [0.5, 0.6) is 0 Å². The molecule has 2 aromatic heterocycles. The van der Waals surface area contributed by atoms with Crippen molar-refractivity contribution in [1.82, 2.24) is 20.1 Å². The minimum absolute atomic E-state index is 0.0125.